The zero-order chi connectivity index (χ0) is 12.3. The molecule has 1 unspecified atom stereocenters. The molecule has 0 saturated heterocycles. The van der Waals surface area contributed by atoms with E-state index in [4.69, 9.17) is 5.73 Å². The van der Waals surface area contributed by atoms with Crippen LogP contribution in [0.2, 0.25) is 0 Å². The Morgan fingerprint density at radius 2 is 2.00 bits per heavy atom. The summed E-state index contributed by atoms with van der Waals surface area (Å²) in [6, 6.07) is 3.11. The van der Waals surface area contributed by atoms with Crippen molar-refractivity contribution >= 4 is 34.0 Å². The Kier molecular flexibility index (Phi) is 4.83. The summed E-state index contributed by atoms with van der Waals surface area (Å²) in [4.78, 5) is 0. The lowest BCUT2D eigenvalue weighted by Crippen LogP contribution is -2.17. The zero-order valence-electron chi connectivity index (χ0n) is 9.85. The predicted molar refractivity (Wildman–Crippen MR) is 76.0 cm³/mol. The summed E-state index contributed by atoms with van der Waals surface area (Å²) in [5.41, 5.74) is 7.10. The minimum absolute atomic E-state index is 0.227. The van der Waals surface area contributed by atoms with E-state index in [-0.39, 0.29) is 5.82 Å². The molecule has 0 spiro atoms. The molecule has 0 heterocycles. The maximum absolute atomic E-state index is 13.3. The van der Waals surface area contributed by atoms with E-state index in [2.05, 4.69) is 26.1 Å². The van der Waals surface area contributed by atoms with E-state index in [0.29, 0.717) is 26.8 Å². The van der Waals surface area contributed by atoms with Crippen LogP contribution in [0.1, 0.15) is 20.8 Å². The highest BCUT2D eigenvalue weighted by atomic mass is 127. The molecule has 16 heavy (non-hydrogen) atoms. The summed E-state index contributed by atoms with van der Waals surface area (Å²) >= 11 is 1.94. The van der Waals surface area contributed by atoms with Gasteiger partial charge in [-0.25, -0.2) is 4.39 Å². The molecule has 0 bridgehead atoms. The lowest BCUT2D eigenvalue weighted by Gasteiger charge is -2.18. The molecule has 0 saturated carbocycles. The van der Waals surface area contributed by atoms with Crippen LogP contribution in [0.25, 0.3) is 0 Å². The first kappa shape index (κ1) is 13.5. The van der Waals surface area contributed by atoms with Crippen molar-refractivity contribution < 1.29 is 4.39 Å². The normalized spacial score (nSPS) is 12.9. The lowest BCUT2D eigenvalue weighted by molar-refractivity contribution is 0.440. The molecule has 90 valence electrons. The second kappa shape index (κ2) is 5.70. The second-order valence-electron chi connectivity index (χ2n) is 4.46. The highest BCUT2D eigenvalue weighted by Crippen LogP contribution is 2.24. The molecule has 0 aliphatic heterocycles. The Labute approximate surface area is 110 Å². The quantitative estimate of drug-likeness (QED) is 0.650. The van der Waals surface area contributed by atoms with Gasteiger partial charge in [0.15, 0.2) is 0 Å². The van der Waals surface area contributed by atoms with Crippen LogP contribution in [-0.4, -0.2) is 6.54 Å². The maximum atomic E-state index is 13.3. The molecule has 0 radical (unpaired) electrons. The molecule has 1 aromatic rings. The van der Waals surface area contributed by atoms with Crippen LogP contribution in [0.3, 0.4) is 0 Å². The predicted octanol–water partition coefficient (Wildman–Crippen LogP) is 3.72. The SMILES string of the molecule is CC(C)C(C)CNc1cc(F)c(I)cc1N. The van der Waals surface area contributed by atoms with Crippen molar-refractivity contribution in [1.29, 1.82) is 0 Å². The third kappa shape index (κ3) is 3.50. The van der Waals surface area contributed by atoms with E-state index in [1.54, 1.807) is 6.07 Å². The molecule has 0 aliphatic rings. The molecule has 0 fully saturated rings. The number of benzene rings is 1. The van der Waals surface area contributed by atoms with E-state index in [0.717, 1.165) is 6.54 Å². The number of rotatable bonds is 4. The smallest absolute Gasteiger partial charge is 0.138 e. The summed E-state index contributed by atoms with van der Waals surface area (Å²) < 4.78 is 13.9. The van der Waals surface area contributed by atoms with Gasteiger partial charge in [-0.15, -0.1) is 0 Å². The van der Waals surface area contributed by atoms with Gasteiger partial charge in [-0.05, 0) is 40.5 Å². The number of nitrogen functional groups attached to an aromatic ring is 1. The molecule has 1 rings (SSSR count). The van der Waals surface area contributed by atoms with Crippen LogP contribution in [0.5, 0.6) is 0 Å². The van der Waals surface area contributed by atoms with Gasteiger partial charge < -0.3 is 11.1 Å². The molecule has 4 heteroatoms. The first-order valence-corrected chi connectivity index (χ1v) is 6.48. The Balaban J connectivity index is 2.71. The molecule has 3 N–H and O–H groups in total. The number of hydrogen-bond acceptors (Lipinski definition) is 2. The third-order valence-corrected chi connectivity index (χ3v) is 3.67. The molecule has 2 nitrogen and oxygen atoms in total. The lowest BCUT2D eigenvalue weighted by atomic mass is 9.98. The minimum Gasteiger partial charge on any atom is -0.397 e. The van der Waals surface area contributed by atoms with E-state index in [9.17, 15) is 4.39 Å². The zero-order valence-corrected chi connectivity index (χ0v) is 12.0. The van der Waals surface area contributed by atoms with Crippen molar-refractivity contribution in [3.05, 3.63) is 21.5 Å². The molecular formula is C12H18FIN2. The average molecular weight is 336 g/mol. The molecule has 1 atom stereocenters. The third-order valence-electron chi connectivity index (χ3n) is 2.85. The van der Waals surface area contributed by atoms with Crippen LogP contribution < -0.4 is 11.1 Å². The van der Waals surface area contributed by atoms with E-state index < -0.39 is 0 Å². The van der Waals surface area contributed by atoms with Gasteiger partial charge in [0, 0.05) is 12.6 Å². The molecule has 1 aromatic carbocycles. The number of anilines is 2. The number of hydrogen-bond donors (Lipinski definition) is 2. The Morgan fingerprint density at radius 3 is 2.56 bits per heavy atom. The van der Waals surface area contributed by atoms with Crippen LogP contribution in [-0.2, 0) is 0 Å². The Morgan fingerprint density at radius 1 is 1.38 bits per heavy atom. The van der Waals surface area contributed by atoms with E-state index >= 15 is 0 Å². The summed E-state index contributed by atoms with van der Waals surface area (Å²) in [7, 11) is 0. The molecule has 0 aromatic heterocycles. The minimum atomic E-state index is -0.227. The Bertz CT molecular complexity index is 366. The fraction of sp³-hybridized carbons (Fsp3) is 0.500. The van der Waals surface area contributed by atoms with Gasteiger partial charge in [-0.1, -0.05) is 20.8 Å². The van der Waals surface area contributed by atoms with Gasteiger partial charge in [0.25, 0.3) is 0 Å². The fourth-order valence-corrected chi connectivity index (χ4v) is 1.71. The van der Waals surface area contributed by atoms with Crippen molar-refractivity contribution in [2.24, 2.45) is 11.8 Å². The van der Waals surface area contributed by atoms with Gasteiger partial charge in [-0.2, -0.15) is 0 Å². The summed E-state index contributed by atoms with van der Waals surface area (Å²) in [6.07, 6.45) is 0. The van der Waals surface area contributed by atoms with Gasteiger partial charge in [-0.3, -0.25) is 0 Å². The average Bonchev–Trinajstić information content (AvgIpc) is 2.20. The van der Waals surface area contributed by atoms with Crippen molar-refractivity contribution in [3.8, 4) is 0 Å². The standard InChI is InChI=1S/C12H18FIN2/c1-7(2)8(3)6-16-12-4-9(13)10(14)5-11(12)15/h4-5,7-8,16H,6,15H2,1-3H3. The van der Waals surface area contributed by atoms with Crippen LogP contribution in [0.4, 0.5) is 15.8 Å². The highest BCUT2D eigenvalue weighted by molar-refractivity contribution is 14.1. The van der Waals surface area contributed by atoms with Gasteiger partial charge in [0.05, 0.1) is 14.9 Å². The van der Waals surface area contributed by atoms with Crippen molar-refractivity contribution in [3.63, 3.8) is 0 Å². The monoisotopic (exact) mass is 336 g/mol. The summed E-state index contributed by atoms with van der Waals surface area (Å²) in [6.45, 7) is 7.31. The molecule has 0 amide bonds. The van der Waals surface area contributed by atoms with E-state index in [1.807, 2.05) is 22.6 Å². The molecular weight excluding hydrogens is 318 g/mol. The van der Waals surface area contributed by atoms with Crippen LogP contribution >= 0.6 is 22.6 Å². The first-order valence-electron chi connectivity index (χ1n) is 5.40. The van der Waals surface area contributed by atoms with Crippen molar-refractivity contribution in [2.75, 3.05) is 17.6 Å². The van der Waals surface area contributed by atoms with Gasteiger partial charge >= 0.3 is 0 Å². The largest absolute Gasteiger partial charge is 0.397 e. The van der Waals surface area contributed by atoms with E-state index in [1.165, 1.54) is 6.07 Å². The number of nitrogens with two attached hydrogens (primary N) is 1. The van der Waals surface area contributed by atoms with Gasteiger partial charge in [0.1, 0.15) is 5.82 Å². The van der Waals surface area contributed by atoms with Crippen LogP contribution in [0, 0.1) is 21.2 Å². The van der Waals surface area contributed by atoms with Crippen molar-refractivity contribution in [2.45, 2.75) is 20.8 Å². The Hall–Kier alpha value is -0.520. The maximum Gasteiger partial charge on any atom is 0.138 e. The van der Waals surface area contributed by atoms with Crippen LogP contribution in [0.15, 0.2) is 12.1 Å². The van der Waals surface area contributed by atoms with Crippen molar-refractivity contribution in [1.82, 2.24) is 0 Å². The first-order chi connectivity index (χ1) is 7.41. The number of halogens is 2. The van der Waals surface area contributed by atoms with Gasteiger partial charge in [0.2, 0.25) is 0 Å². The second-order valence-corrected chi connectivity index (χ2v) is 5.62. The topological polar surface area (TPSA) is 38.0 Å². The number of nitrogens with one attached hydrogen (secondary N) is 1. The molecule has 0 aliphatic carbocycles. The fourth-order valence-electron chi connectivity index (χ4n) is 1.22. The summed E-state index contributed by atoms with van der Waals surface area (Å²) in [5, 5.41) is 3.19. The summed E-state index contributed by atoms with van der Waals surface area (Å²) in [5.74, 6) is 0.902. The highest BCUT2D eigenvalue weighted by Gasteiger charge is 2.09.